The molecule has 2 heterocycles. The maximum absolute atomic E-state index is 4.83. The zero-order chi connectivity index (χ0) is 19.6. The van der Waals surface area contributed by atoms with Gasteiger partial charge in [0.15, 0.2) is 0 Å². The van der Waals surface area contributed by atoms with Crippen molar-refractivity contribution in [2.45, 2.75) is 6.54 Å². The second-order valence-electron chi connectivity index (χ2n) is 7.82. The fourth-order valence-corrected chi connectivity index (χ4v) is 4.16. The lowest BCUT2D eigenvalue weighted by Gasteiger charge is -2.34. The molecule has 0 bridgehead atoms. The van der Waals surface area contributed by atoms with Crippen LogP contribution in [0.15, 0.2) is 72.8 Å². The first-order chi connectivity index (χ1) is 14.3. The highest BCUT2D eigenvalue weighted by atomic mass is 15.2. The van der Waals surface area contributed by atoms with E-state index in [4.69, 9.17) is 4.98 Å². The number of hydrogen-bond donors (Lipinski definition) is 1. The molecule has 0 amide bonds. The Balaban J connectivity index is 1.39. The molecule has 29 heavy (non-hydrogen) atoms. The molecular weight excluding hydrogens is 356 g/mol. The summed E-state index contributed by atoms with van der Waals surface area (Å²) in [6.07, 6.45) is 0. The fraction of sp³-hybridized carbons (Fsp3) is 0.240. The molecule has 4 aromatic rings. The number of fused-ring (bicyclic) bond motifs is 2. The number of hydrogen-bond acceptors (Lipinski definition) is 4. The highest BCUT2D eigenvalue weighted by Crippen LogP contribution is 2.27. The fourth-order valence-electron chi connectivity index (χ4n) is 4.16. The van der Waals surface area contributed by atoms with Crippen LogP contribution in [0.2, 0.25) is 0 Å². The monoisotopic (exact) mass is 382 g/mol. The molecule has 0 saturated carbocycles. The number of pyridine rings is 1. The summed E-state index contributed by atoms with van der Waals surface area (Å²) in [5, 5.41) is 6.06. The third kappa shape index (κ3) is 3.64. The molecule has 3 aromatic carbocycles. The first-order valence-corrected chi connectivity index (χ1v) is 10.3. The van der Waals surface area contributed by atoms with Gasteiger partial charge >= 0.3 is 0 Å². The van der Waals surface area contributed by atoms with E-state index in [1.54, 1.807) is 0 Å². The normalized spacial score (nSPS) is 15.1. The van der Waals surface area contributed by atoms with Crippen molar-refractivity contribution in [3.63, 3.8) is 0 Å². The number of nitrogens with zero attached hydrogens (tertiary/aromatic N) is 3. The van der Waals surface area contributed by atoms with Crippen molar-refractivity contribution < 1.29 is 0 Å². The zero-order valence-electron chi connectivity index (χ0n) is 16.8. The van der Waals surface area contributed by atoms with Gasteiger partial charge in [-0.15, -0.1) is 0 Å². The van der Waals surface area contributed by atoms with Crippen LogP contribution < -0.4 is 10.2 Å². The summed E-state index contributed by atoms with van der Waals surface area (Å²) in [7, 11) is 2.19. The van der Waals surface area contributed by atoms with E-state index in [1.807, 2.05) is 0 Å². The third-order valence-electron chi connectivity index (χ3n) is 5.90. The summed E-state index contributed by atoms with van der Waals surface area (Å²) >= 11 is 0. The Hall–Kier alpha value is -3.11. The van der Waals surface area contributed by atoms with Crippen molar-refractivity contribution in [2.24, 2.45) is 0 Å². The van der Waals surface area contributed by atoms with Gasteiger partial charge in [-0.1, -0.05) is 36.4 Å². The van der Waals surface area contributed by atoms with Crippen molar-refractivity contribution in [2.75, 3.05) is 43.4 Å². The summed E-state index contributed by atoms with van der Waals surface area (Å²) < 4.78 is 0. The van der Waals surface area contributed by atoms with E-state index in [2.05, 4.69) is 95.0 Å². The number of nitrogens with one attached hydrogen (secondary N) is 1. The SMILES string of the molecule is CN1CCN(c2ccc(NCc3c4ccccc4nc4ccccc34)cc2)CC1. The van der Waals surface area contributed by atoms with Gasteiger partial charge in [0.05, 0.1) is 11.0 Å². The summed E-state index contributed by atoms with van der Waals surface area (Å²) in [6, 6.07) is 25.7. The standard InChI is InChI=1S/C25H26N4/c1-28-14-16-29(17-15-28)20-12-10-19(11-13-20)26-18-23-21-6-2-4-8-24(21)27-25-9-5-3-7-22(23)25/h2-13,26H,14-18H2,1H3. The third-order valence-corrected chi connectivity index (χ3v) is 5.90. The van der Waals surface area contributed by atoms with Crippen LogP contribution >= 0.6 is 0 Å². The molecule has 1 fully saturated rings. The van der Waals surface area contributed by atoms with Crippen LogP contribution in [0.25, 0.3) is 21.8 Å². The molecular formula is C25H26N4. The van der Waals surface area contributed by atoms with Gasteiger partial charge in [-0.05, 0) is 49.0 Å². The molecule has 0 radical (unpaired) electrons. The molecule has 0 spiro atoms. The maximum Gasteiger partial charge on any atom is 0.0713 e. The molecule has 5 rings (SSSR count). The summed E-state index contributed by atoms with van der Waals surface area (Å²) in [4.78, 5) is 9.68. The number of rotatable bonds is 4. The molecule has 4 nitrogen and oxygen atoms in total. The summed E-state index contributed by atoms with van der Waals surface area (Å²) in [5.74, 6) is 0. The molecule has 4 heteroatoms. The van der Waals surface area contributed by atoms with E-state index in [0.29, 0.717) is 0 Å². The van der Waals surface area contributed by atoms with Gasteiger partial charge in [-0.2, -0.15) is 0 Å². The Morgan fingerprint density at radius 2 is 1.34 bits per heavy atom. The van der Waals surface area contributed by atoms with E-state index in [0.717, 1.165) is 49.4 Å². The molecule has 0 atom stereocenters. The maximum atomic E-state index is 4.83. The second-order valence-corrected chi connectivity index (χ2v) is 7.82. The molecule has 1 aromatic heterocycles. The van der Waals surface area contributed by atoms with Crippen LogP contribution in [0.1, 0.15) is 5.56 Å². The number of aromatic nitrogens is 1. The Bertz CT molecular complexity index is 1070. The van der Waals surface area contributed by atoms with Crippen LogP contribution in [-0.4, -0.2) is 43.1 Å². The lowest BCUT2D eigenvalue weighted by molar-refractivity contribution is 0.313. The number of para-hydroxylation sites is 2. The highest BCUT2D eigenvalue weighted by molar-refractivity contribution is 5.97. The van der Waals surface area contributed by atoms with Crippen molar-refractivity contribution in [3.05, 3.63) is 78.4 Å². The average Bonchev–Trinajstić information content (AvgIpc) is 2.77. The van der Waals surface area contributed by atoms with E-state index < -0.39 is 0 Å². The Morgan fingerprint density at radius 3 is 1.97 bits per heavy atom. The molecule has 1 aliphatic heterocycles. The number of piperazine rings is 1. The molecule has 1 saturated heterocycles. The van der Waals surface area contributed by atoms with E-state index >= 15 is 0 Å². The topological polar surface area (TPSA) is 31.4 Å². The van der Waals surface area contributed by atoms with Crippen molar-refractivity contribution in [1.82, 2.24) is 9.88 Å². The van der Waals surface area contributed by atoms with Crippen LogP contribution in [0.3, 0.4) is 0 Å². The lowest BCUT2D eigenvalue weighted by atomic mass is 10.0. The molecule has 0 aliphatic carbocycles. The minimum atomic E-state index is 0.775. The highest BCUT2D eigenvalue weighted by Gasteiger charge is 2.14. The van der Waals surface area contributed by atoms with Crippen LogP contribution in [0, 0.1) is 0 Å². The summed E-state index contributed by atoms with van der Waals surface area (Å²) in [5.41, 5.74) is 5.85. The largest absolute Gasteiger partial charge is 0.381 e. The van der Waals surface area contributed by atoms with Gasteiger partial charge in [-0.3, -0.25) is 0 Å². The minimum Gasteiger partial charge on any atom is -0.381 e. The van der Waals surface area contributed by atoms with E-state index in [-0.39, 0.29) is 0 Å². The molecule has 0 unspecified atom stereocenters. The molecule has 1 N–H and O–H groups in total. The zero-order valence-corrected chi connectivity index (χ0v) is 16.8. The summed E-state index contributed by atoms with van der Waals surface area (Å²) in [6.45, 7) is 5.22. The minimum absolute atomic E-state index is 0.775. The predicted molar refractivity (Wildman–Crippen MR) is 123 cm³/mol. The predicted octanol–water partition coefficient (Wildman–Crippen LogP) is 4.75. The molecule has 146 valence electrons. The van der Waals surface area contributed by atoms with Gasteiger partial charge in [0.25, 0.3) is 0 Å². The second kappa shape index (κ2) is 7.72. The van der Waals surface area contributed by atoms with Crippen LogP contribution in [0.4, 0.5) is 11.4 Å². The van der Waals surface area contributed by atoms with Gasteiger partial charge in [0.1, 0.15) is 0 Å². The quantitative estimate of drug-likeness (QED) is 0.516. The molecule has 1 aliphatic rings. The Labute approximate surface area is 171 Å². The Kier molecular flexibility index (Phi) is 4.78. The van der Waals surface area contributed by atoms with Crippen LogP contribution in [0.5, 0.6) is 0 Å². The van der Waals surface area contributed by atoms with Crippen LogP contribution in [-0.2, 0) is 6.54 Å². The number of likely N-dealkylation sites (N-methyl/N-ethyl adjacent to an activating group) is 1. The van der Waals surface area contributed by atoms with Crippen molar-refractivity contribution in [3.8, 4) is 0 Å². The smallest absolute Gasteiger partial charge is 0.0713 e. The first-order valence-electron chi connectivity index (χ1n) is 10.3. The van der Waals surface area contributed by atoms with Crippen molar-refractivity contribution in [1.29, 1.82) is 0 Å². The van der Waals surface area contributed by atoms with Gasteiger partial charge < -0.3 is 15.1 Å². The van der Waals surface area contributed by atoms with Crippen molar-refractivity contribution >= 4 is 33.2 Å². The van der Waals surface area contributed by atoms with E-state index in [9.17, 15) is 0 Å². The van der Waals surface area contributed by atoms with Gasteiger partial charge in [-0.25, -0.2) is 4.98 Å². The average molecular weight is 383 g/mol. The van der Waals surface area contributed by atoms with Gasteiger partial charge in [0, 0.05) is 54.9 Å². The van der Waals surface area contributed by atoms with E-state index in [1.165, 1.54) is 22.0 Å². The number of anilines is 2. The first kappa shape index (κ1) is 18.0. The van der Waals surface area contributed by atoms with Gasteiger partial charge in [0.2, 0.25) is 0 Å². The Morgan fingerprint density at radius 1 is 0.759 bits per heavy atom. The lowest BCUT2D eigenvalue weighted by Crippen LogP contribution is -2.44. The number of benzene rings is 3.